The second-order valence-electron chi connectivity index (χ2n) is 7.17. The summed E-state index contributed by atoms with van der Waals surface area (Å²) in [6.07, 6.45) is 12.3. The molecule has 5 unspecified atom stereocenters. The van der Waals surface area contributed by atoms with Gasteiger partial charge in [-0.05, 0) is 18.8 Å². The van der Waals surface area contributed by atoms with Crippen LogP contribution in [0.15, 0.2) is 29.3 Å². The van der Waals surface area contributed by atoms with Crippen LogP contribution in [0.2, 0.25) is 0 Å². The van der Waals surface area contributed by atoms with Gasteiger partial charge < -0.3 is 15.3 Å². The fourth-order valence-electron chi connectivity index (χ4n) is 3.70. The van der Waals surface area contributed by atoms with Crippen molar-refractivity contribution in [3.8, 4) is 0 Å². The van der Waals surface area contributed by atoms with Crippen molar-refractivity contribution in [1.29, 1.82) is 0 Å². The van der Waals surface area contributed by atoms with Gasteiger partial charge in [-0.2, -0.15) is 0 Å². The van der Waals surface area contributed by atoms with Gasteiger partial charge in [0.1, 0.15) is 0 Å². The summed E-state index contributed by atoms with van der Waals surface area (Å²) < 4.78 is 0. The number of thioether (sulfide) groups is 1. The van der Waals surface area contributed by atoms with Crippen LogP contribution in [0.3, 0.4) is 0 Å². The molecule has 1 heterocycles. The Balaban J connectivity index is 1.79. The molecule has 0 saturated heterocycles. The minimum absolute atomic E-state index is 0.0535. The fraction of sp³-hybridized carbons (Fsp3) is 0.700. The Morgan fingerprint density at radius 3 is 2.92 bits per heavy atom. The van der Waals surface area contributed by atoms with Gasteiger partial charge in [0, 0.05) is 18.1 Å². The van der Waals surface area contributed by atoms with Crippen LogP contribution in [-0.4, -0.2) is 50.3 Å². The van der Waals surface area contributed by atoms with Gasteiger partial charge in [0.05, 0.1) is 29.7 Å². The van der Waals surface area contributed by atoms with E-state index in [0.29, 0.717) is 12.3 Å². The van der Waals surface area contributed by atoms with Crippen LogP contribution < -0.4 is 0 Å². The van der Waals surface area contributed by atoms with E-state index in [-0.39, 0.29) is 24.5 Å². The van der Waals surface area contributed by atoms with Gasteiger partial charge in [0.2, 0.25) is 0 Å². The average molecular weight is 382 g/mol. The standard InChI is InChI=1S/C20H31NO4S/c1-2-3-4-7-14(22)9-10-15-16-12-19(21-17(16)13-18(15)23)26-11-6-5-8-20(24)25/h5-6,9-10,14-18,22-23H,2-4,7-8,11-13H2,1H3,(H,24,25). The number of aliphatic carboxylic acids is 1. The Hall–Kier alpha value is -1.11. The van der Waals surface area contributed by atoms with E-state index in [1.165, 1.54) is 0 Å². The van der Waals surface area contributed by atoms with E-state index >= 15 is 0 Å². The highest BCUT2D eigenvalue weighted by molar-refractivity contribution is 8.14. The summed E-state index contributed by atoms with van der Waals surface area (Å²) >= 11 is 1.65. The van der Waals surface area contributed by atoms with Crippen LogP contribution in [0.25, 0.3) is 0 Å². The van der Waals surface area contributed by atoms with Crippen molar-refractivity contribution in [1.82, 2.24) is 0 Å². The molecule has 1 aliphatic carbocycles. The number of hydrogen-bond donors (Lipinski definition) is 3. The monoisotopic (exact) mass is 381 g/mol. The molecule has 0 bridgehead atoms. The van der Waals surface area contributed by atoms with E-state index in [2.05, 4.69) is 6.92 Å². The van der Waals surface area contributed by atoms with Gasteiger partial charge in [-0.3, -0.25) is 9.79 Å². The molecular weight excluding hydrogens is 350 g/mol. The first-order chi connectivity index (χ1) is 12.5. The van der Waals surface area contributed by atoms with Crippen LogP contribution in [0, 0.1) is 11.8 Å². The number of aliphatic hydroxyl groups excluding tert-OH is 2. The number of fused-ring (bicyclic) bond motifs is 1. The van der Waals surface area contributed by atoms with Crippen LogP contribution in [-0.2, 0) is 4.79 Å². The molecular formula is C20H31NO4S. The number of carbonyl (C=O) groups is 1. The Morgan fingerprint density at radius 2 is 2.19 bits per heavy atom. The molecule has 5 atom stereocenters. The van der Waals surface area contributed by atoms with E-state index in [1.54, 1.807) is 17.8 Å². The Labute approximate surface area is 160 Å². The molecule has 0 aromatic heterocycles. The summed E-state index contributed by atoms with van der Waals surface area (Å²) in [5.41, 5.74) is 0. The molecule has 0 aromatic carbocycles. The quantitative estimate of drug-likeness (QED) is 0.398. The lowest BCUT2D eigenvalue weighted by Gasteiger charge is -2.17. The molecule has 0 aromatic rings. The van der Waals surface area contributed by atoms with Gasteiger partial charge in [-0.1, -0.05) is 50.5 Å². The zero-order chi connectivity index (χ0) is 18.9. The summed E-state index contributed by atoms with van der Waals surface area (Å²) in [5.74, 6) is 0.282. The first-order valence-electron chi connectivity index (χ1n) is 9.62. The molecule has 0 radical (unpaired) electrons. The smallest absolute Gasteiger partial charge is 0.307 e. The highest BCUT2D eigenvalue weighted by Crippen LogP contribution is 2.43. The highest BCUT2D eigenvalue weighted by Gasteiger charge is 2.44. The molecule has 1 saturated carbocycles. The number of aliphatic hydroxyl groups is 2. The predicted molar refractivity (Wildman–Crippen MR) is 107 cm³/mol. The van der Waals surface area contributed by atoms with Gasteiger partial charge in [0.15, 0.2) is 0 Å². The predicted octanol–water partition coefficient (Wildman–Crippen LogP) is 3.42. The molecule has 6 heteroatoms. The zero-order valence-electron chi connectivity index (χ0n) is 15.5. The van der Waals surface area contributed by atoms with Gasteiger partial charge >= 0.3 is 5.97 Å². The Bertz CT molecular complexity index is 546. The van der Waals surface area contributed by atoms with Crippen LogP contribution in [0.4, 0.5) is 0 Å². The maximum absolute atomic E-state index is 10.5. The third-order valence-corrected chi connectivity index (χ3v) is 6.06. The van der Waals surface area contributed by atoms with E-state index in [1.807, 2.05) is 18.2 Å². The lowest BCUT2D eigenvalue weighted by Crippen LogP contribution is -2.19. The number of carboxylic acid groups (broad SMARTS) is 1. The van der Waals surface area contributed by atoms with E-state index in [0.717, 1.165) is 42.9 Å². The Kier molecular flexibility index (Phi) is 8.88. The lowest BCUT2D eigenvalue weighted by molar-refractivity contribution is -0.136. The van der Waals surface area contributed by atoms with Crippen LogP contribution in [0.5, 0.6) is 0 Å². The third-order valence-electron chi connectivity index (χ3n) is 5.10. The molecule has 5 nitrogen and oxygen atoms in total. The fourth-order valence-corrected chi connectivity index (χ4v) is 4.65. The summed E-state index contributed by atoms with van der Waals surface area (Å²) in [4.78, 5) is 15.2. The van der Waals surface area contributed by atoms with Crippen molar-refractivity contribution < 1.29 is 20.1 Å². The summed E-state index contributed by atoms with van der Waals surface area (Å²) in [5, 5.41) is 30.1. The van der Waals surface area contributed by atoms with Crippen LogP contribution >= 0.6 is 11.8 Å². The minimum Gasteiger partial charge on any atom is -0.481 e. The summed E-state index contributed by atoms with van der Waals surface area (Å²) in [6.45, 7) is 2.15. The first-order valence-corrected chi connectivity index (χ1v) is 10.6. The number of hydrogen-bond acceptors (Lipinski definition) is 5. The molecule has 2 rings (SSSR count). The normalized spacial score (nSPS) is 29.4. The Morgan fingerprint density at radius 1 is 1.38 bits per heavy atom. The summed E-state index contributed by atoms with van der Waals surface area (Å²) in [7, 11) is 0. The van der Waals surface area contributed by atoms with Crippen molar-refractivity contribution in [3.05, 3.63) is 24.3 Å². The van der Waals surface area contributed by atoms with E-state index in [4.69, 9.17) is 10.1 Å². The molecule has 3 N–H and O–H groups in total. The molecule has 26 heavy (non-hydrogen) atoms. The minimum atomic E-state index is -0.820. The van der Waals surface area contributed by atoms with E-state index in [9.17, 15) is 15.0 Å². The third kappa shape index (κ3) is 6.56. The second kappa shape index (κ2) is 10.9. The number of rotatable bonds is 10. The van der Waals surface area contributed by atoms with Gasteiger partial charge in [0.25, 0.3) is 0 Å². The molecule has 1 fully saturated rings. The van der Waals surface area contributed by atoms with Crippen molar-refractivity contribution >= 4 is 22.8 Å². The SMILES string of the molecule is CCCCCC(O)C=CC1C(O)CC2N=C(SCC=CCC(=O)O)CC21. The number of nitrogens with zero attached hydrogens (tertiary/aromatic N) is 1. The highest BCUT2D eigenvalue weighted by atomic mass is 32.2. The molecule has 0 spiro atoms. The molecule has 1 aliphatic heterocycles. The van der Waals surface area contributed by atoms with Crippen molar-refractivity contribution in [2.24, 2.45) is 16.8 Å². The van der Waals surface area contributed by atoms with Crippen molar-refractivity contribution in [2.45, 2.75) is 70.1 Å². The number of unbranched alkanes of at least 4 members (excludes halogenated alkanes) is 2. The van der Waals surface area contributed by atoms with Gasteiger partial charge in [-0.15, -0.1) is 11.8 Å². The molecule has 0 amide bonds. The average Bonchev–Trinajstić information content (AvgIpc) is 3.09. The van der Waals surface area contributed by atoms with Crippen molar-refractivity contribution in [2.75, 3.05) is 5.75 Å². The molecule has 146 valence electrons. The van der Waals surface area contributed by atoms with Crippen molar-refractivity contribution in [3.63, 3.8) is 0 Å². The molecule has 2 aliphatic rings. The van der Waals surface area contributed by atoms with Crippen LogP contribution in [0.1, 0.15) is 51.9 Å². The maximum Gasteiger partial charge on any atom is 0.307 e. The largest absolute Gasteiger partial charge is 0.481 e. The number of aliphatic imine (C=N–C) groups is 1. The topological polar surface area (TPSA) is 90.1 Å². The maximum atomic E-state index is 10.5. The van der Waals surface area contributed by atoms with E-state index < -0.39 is 12.1 Å². The second-order valence-corrected chi connectivity index (χ2v) is 8.26. The summed E-state index contributed by atoms with van der Waals surface area (Å²) in [6, 6.07) is 0.169. The number of carboxylic acids is 1. The lowest BCUT2D eigenvalue weighted by atomic mass is 9.91. The van der Waals surface area contributed by atoms with Gasteiger partial charge in [-0.25, -0.2) is 0 Å². The zero-order valence-corrected chi connectivity index (χ0v) is 16.3. The first kappa shape index (κ1) is 21.2.